The van der Waals surface area contributed by atoms with Gasteiger partial charge in [-0.15, -0.1) is 12.4 Å². The van der Waals surface area contributed by atoms with Gasteiger partial charge in [-0.1, -0.05) is 42.5 Å². The van der Waals surface area contributed by atoms with Gasteiger partial charge in [0, 0.05) is 23.7 Å². The molecule has 1 heterocycles. The number of aromatic nitrogens is 1. The van der Waals surface area contributed by atoms with E-state index in [0.29, 0.717) is 0 Å². The van der Waals surface area contributed by atoms with Gasteiger partial charge in [-0.2, -0.15) is 0 Å². The van der Waals surface area contributed by atoms with Gasteiger partial charge >= 0.3 is 0 Å². The average Bonchev–Trinajstić information content (AvgIpc) is 2.47. The van der Waals surface area contributed by atoms with Crippen LogP contribution in [0.25, 0.3) is 22.2 Å². The molecule has 0 aliphatic rings. The van der Waals surface area contributed by atoms with Crippen molar-refractivity contribution >= 4 is 29.0 Å². The van der Waals surface area contributed by atoms with E-state index in [1.165, 1.54) is 0 Å². The number of nitrogens with zero attached hydrogens (tertiary/aromatic N) is 1. The van der Waals surface area contributed by atoms with Gasteiger partial charge < -0.3 is 5.32 Å². The lowest BCUT2D eigenvalue weighted by molar-refractivity contribution is 1.39. The molecule has 0 fully saturated rings. The summed E-state index contributed by atoms with van der Waals surface area (Å²) in [5, 5.41) is 4.30. The molecule has 0 atom stereocenters. The maximum Gasteiger partial charge on any atom is 0.0730 e. The molecule has 0 saturated heterocycles. The zero-order valence-electron chi connectivity index (χ0n) is 10.6. The van der Waals surface area contributed by atoms with Crippen LogP contribution in [0.3, 0.4) is 0 Å². The van der Waals surface area contributed by atoms with Crippen LogP contribution in [0.5, 0.6) is 0 Å². The number of anilines is 1. The van der Waals surface area contributed by atoms with E-state index in [4.69, 9.17) is 4.98 Å². The Morgan fingerprint density at radius 2 is 1.63 bits per heavy atom. The predicted octanol–water partition coefficient (Wildman–Crippen LogP) is 4.37. The lowest BCUT2D eigenvalue weighted by Gasteiger charge is -2.05. The number of fused-ring (bicyclic) bond motifs is 1. The third-order valence-electron chi connectivity index (χ3n) is 3.05. The average molecular weight is 271 g/mol. The van der Waals surface area contributed by atoms with Crippen molar-refractivity contribution in [2.24, 2.45) is 0 Å². The fourth-order valence-corrected chi connectivity index (χ4v) is 2.04. The lowest BCUT2D eigenvalue weighted by Crippen LogP contribution is -1.89. The van der Waals surface area contributed by atoms with Crippen LogP contribution in [0.4, 0.5) is 5.69 Å². The number of rotatable bonds is 2. The Balaban J connectivity index is 0.00000133. The van der Waals surface area contributed by atoms with E-state index in [9.17, 15) is 0 Å². The van der Waals surface area contributed by atoms with Crippen LogP contribution in [0, 0.1) is 0 Å². The molecule has 0 radical (unpaired) electrons. The normalized spacial score (nSPS) is 9.95. The molecule has 19 heavy (non-hydrogen) atoms. The number of nitrogens with one attached hydrogen (secondary N) is 1. The number of hydrogen-bond acceptors (Lipinski definition) is 2. The second kappa shape index (κ2) is 5.72. The first-order valence-corrected chi connectivity index (χ1v) is 6.01. The summed E-state index contributed by atoms with van der Waals surface area (Å²) >= 11 is 0. The molecule has 0 amide bonds. The van der Waals surface area contributed by atoms with E-state index in [0.717, 1.165) is 27.8 Å². The van der Waals surface area contributed by atoms with E-state index < -0.39 is 0 Å². The zero-order chi connectivity index (χ0) is 12.4. The predicted molar refractivity (Wildman–Crippen MR) is 84.0 cm³/mol. The summed E-state index contributed by atoms with van der Waals surface area (Å²) in [5.41, 5.74) is 4.26. The number of hydrogen-bond donors (Lipinski definition) is 1. The third-order valence-corrected chi connectivity index (χ3v) is 3.05. The highest BCUT2D eigenvalue weighted by Crippen LogP contribution is 2.22. The summed E-state index contributed by atoms with van der Waals surface area (Å²) in [6.07, 6.45) is 0. The van der Waals surface area contributed by atoms with Crippen LogP contribution >= 0.6 is 12.4 Å². The van der Waals surface area contributed by atoms with Crippen molar-refractivity contribution < 1.29 is 0 Å². The second-order valence-electron chi connectivity index (χ2n) is 4.22. The van der Waals surface area contributed by atoms with E-state index in [1.54, 1.807) is 0 Å². The van der Waals surface area contributed by atoms with Crippen LogP contribution < -0.4 is 5.32 Å². The van der Waals surface area contributed by atoms with E-state index in [2.05, 4.69) is 47.8 Å². The lowest BCUT2D eigenvalue weighted by atomic mass is 10.1. The molecule has 0 bridgehead atoms. The fraction of sp³-hybridized carbons (Fsp3) is 0.0625. The van der Waals surface area contributed by atoms with Gasteiger partial charge in [0.2, 0.25) is 0 Å². The molecule has 1 aromatic heterocycles. The molecule has 0 saturated carbocycles. The van der Waals surface area contributed by atoms with Crippen LogP contribution in [0.2, 0.25) is 0 Å². The smallest absolute Gasteiger partial charge is 0.0730 e. The fourth-order valence-electron chi connectivity index (χ4n) is 2.04. The molecule has 0 unspecified atom stereocenters. The quantitative estimate of drug-likeness (QED) is 0.748. The monoisotopic (exact) mass is 270 g/mol. The molecule has 3 aromatic rings. The molecule has 2 nitrogen and oxygen atoms in total. The molecular weight excluding hydrogens is 256 g/mol. The summed E-state index contributed by atoms with van der Waals surface area (Å²) in [7, 11) is 1.92. The van der Waals surface area contributed by atoms with E-state index in [-0.39, 0.29) is 12.4 Å². The molecular formula is C16H15ClN2. The number of halogens is 1. The molecule has 0 aliphatic heterocycles. The van der Waals surface area contributed by atoms with Gasteiger partial charge in [-0.3, -0.25) is 0 Å². The first-order chi connectivity index (χ1) is 8.86. The van der Waals surface area contributed by atoms with Crippen LogP contribution in [0.1, 0.15) is 0 Å². The first-order valence-electron chi connectivity index (χ1n) is 6.01. The minimum Gasteiger partial charge on any atom is -0.388 e. The minimum absolute atomic E-state index is 0. The first kappa shape index (κ1) is 13.4. The molecule has 1 N–H and O–H groups in total. The second-order valence-corrected chi connectivity index (χ2v) is 4.22. The van der Waals surface area contributed by atoms with Gasteiger partial charge in [0.25, 0.3) is 0 Å². The summed E-state index contributed by atoms with van der Waals surface area (Å²) in [5.74, 6) is 0. The maximum atomic E-state index is 4.71. The molecule has 96 valence electrons. The summed E-state index contributed by atoms with van der Waals surface area (Å²) in [6.45, 7) is 0. The number of pyridine rings is 1. The molecule has 0 spiro atoms. The van der Waals surface area contributed by atoms with Gasteiger partial charge in [-0.25, -0.2) is 4.98 Å². The third kappa shape index (κ3) is 2.69. The van der Waals surface area contributed by atoms with Gasteiger partial charge in [0.1, 0.15) is 0 Å². The SMILES string of the molecule is CNc1ccc2ccc(-c3ccccc3)nc2c1.Cl. The van der Waals surface area contributed by atoms with Crippen molar-refractivity contribution in [3.8, 4) is 11.3 Å². The topological polar surface area (TPSA) is 24.9 Å². The Kier molecular flexibility index (Phi) is 4.03. The Labute approximate surface area is 118 Å². The highest BCUT2D eigenvalue weighted by molar-refractivity contribution is 5.85. The van der Waals surface area contributed by atoms with Crippen molar-refractivity contribution in [3.63, 3.8) is 0 Å². The molecule has 3 heteroatoms. The van der Waals surface area contributed by atoms with Gasteiger partial charge in [-0.05, 0) is 18.2 Å². The van der Waals surface area contributed by atoms with Crippen LogP contribution in [0.15, 0.2) is 60.7 Å². The standard InChI is InChI=1S/C16H14N2.ClH/c1-17-14-9-7-13-8-10-15(18-16(13)11-14)12-5-3-2-4-6-12;/h2-11,17H,1H3;1H. The highest BCUT2D eigenvalue weighted by Gasteiger charge is 2.01. The van der Waals surface area contributed by atoms with Crippen molar-refractivity contribution in [1.29, 1.82) is 0 Å². The van der Waals surface area contributed by atoms with Gasteiger partial charge in [0.05, 0.1) is 11.2 Å². The molecule has 0 aliphatic carbocycles. The van der Waals surface area contributed by atoms with E-state index >= 15 is 0 Å². The Hall–Kier alpha value is -2.06. The molecule has 2 aromatic carbocycles. The van der Waals surface area contributed by atoms with E-state index in [1.807, 2.05) is 25.2 Å². The minimum atomic E-state index is 0. The van der Waals surface area contributed by atoms with Crippen LogP contribution in [-0.4, -0.2) is 12.0 Å². The zero-order valence-corrected chi connectivity index (χ0v) is 11.4. The van der Waals surface area contributed by atoms with Crippen molar-refractivity contribution in [1.82, 2.24) is 4.98 Å². The van der Waals surface area contributed by atoms with Crippen LogP contribution in [-0.2, 0) is 0 Å². The largest absolute Gasteiger partial charge is 0.388 e. The summed E-state index contributed by atoms with van der Waals surface area (Å²) in [6, 6.07) is 20.6. The van der Waals surface area contributed by atoms with Crippen molar-refractivity contribution in [3.05, 3.63) is 60.7 Å². The molecule has 3 rings (SSSR count). The van der Waals surface area contributed by atoms with Gasteiger partial charge in [0.15, 0.2) is 0 Å². The Morgan fingerprint density at radius 1 is 0.895 bits per heavy atom. The summed E-state index contributed by atoms with van der Waals surface area (Å²) < 4.78 is 0. The number of benzene rings is 2. The maximum absolute atomic E-state index is 4.71. The van der Waals surface area contributed by atoms with Crippen molar-refractivity contribution in [2.45, 2.75) is 0 Å². The Morgan fingerprint density at radius 3 is 2.37 bits per heavy atom. The summed E-state index contributed by atoms with van der Waals surface area (Å²) in [4.78, 5) is 4.71. The van der Waals surface area contributed by atoms with Crippen molar-refractivity contribution in [2.75, 3.05) is 12.4 Å². The Bertz CT molecular complexity index is 681. The highest BCUT2D eigenvalue weighted by atomic mass is 35.5.